The van der Waals surface area contributed by atoms with Crippen LogP contribution < -0.4 is 5.32 Å². The molecule has 0 radical (unpaired) electrons. The van der Waals surface area contributed by atoms with Crippen LogP contribution in [0.2, 0.25) is 0 Å². The zero-order valence-corrected chi connectivity index (χ0v) is 15.8. The van der Waals surface area contributed by atoms with Crippen LogP contribution in [0.5, 0.6) is 0 Å². The van der Waals surface area contributed by atoms with Crippen molar-refractivity contribution in [2.24, 2.45) is 7.05 Å². The first-order valence-corrected chi connectivity index (χ1v) is 9.58. The standard InChI is InChI=1S/C16H18N6OS2/c1-4-13-18-20-15(25-13)17-12(23)9-24-16-21-19-14(22(16)3)11-7-5-6-10(2)8-11/h5-8H,4,9H2,1-3H3,(H,17,20,23). The van der Waals surface area contributed by atoms with Crippen molar-refractivity contribution in [1.82, 2.24) is 25.0 Å². The number of nitrogens with zero attached hydrogens (tertiary/aromatic N) is 5. The zero-order valence-electron chi connectivity index (χ0n) is 14.2. The Morgan fingerprint density at radius 1 is 1.28 bits per heavy atom. The highest BCUT2D eigenvalue weighted by Crippen LogP contribution is 2.23. The van der Waals surface area contributed by atoms with Gasteiger partial charge in [-0.15, -0.1) is 20.4 Å². The smallest absolute Gasteiger partial charge is 0.236 e. The number of carbonyl (C=O) groups is 1. The minimum Gasteiger partial charge on any atom is -0.305 e. The van der Waals surface area contributed by atoms with Crippen LogP contribution in [-0.2, 0) is 18.3 Å². The lowest BCUT2D eigenvalue weighted by atomic mass is 10.1. The molecule has 0 fully saturated rings. The number of benzene rings is 1. The van der Waals surface area contributed by atoms with Crippen molar-refractivity contribution in [3.05, 3.63) is 34.8 Å². The zero-order chi connectivity index (χ0) is 17.8. The number of nitrogens with one attached hydrogen (secondary N) is 1. The SMILES string of the molecule is CCc1nnc(NC(=O)CSc2nnc(-c3cccc(C)c3)n2C)s1. The van der Waals surface area contributed by atoms with E-state index in [1.165, 1.54) is 23.1 Å². The molecule has 0 saturated carbocycles. The second-order valence-corrected chi connectivity index (χ2v) is 7.43. The molecule has 1 N–H and O–H groups in total. The summed E-state index contributed by atoms with van der Waals surface area (Å²) in [5.74, 6) is 0.883. The van der Waals surface area contributed by atoms with E-state index in [2.05, 4.69) is 31.8 Å². The predicted molar refractivity (Wildman–Crippen MR) is 99.8 cm³/mol. The molecule has 0 bridgehead atoms. The summed E-state index contributed by atoms with van der Waals surface area (Å²) in [6.45, 7) is 4.04. The van der Waals surface area contributed by atoms with Crippen molar-refractivity contribution in [3.8, 4) is 11.4 Å². The number of amides is 1. The van der Waals surface area contributed by atoms with Crippen molar-refractivity contribution in [2.75, 3.05) is 11.1 Å². The fraction of sp³-hybridized carbons (Fsp3) is 0.312. The molecule has 2 aromatic heterocycles. The third-order valence-corrected chi connectivity index (χ3v) is 5.46. The first-order valence-electron chi connectivity index (χ1n) is 7.78. The second-order valence-electron chi connectivity index (χ2n) is 5.43. The van der Waals surface area contributed by atoms with E-state index in [1.807, 2.05) is 43.7 Å². The molecule has 3 aromatic rings. The summed E-state index contributed by atoms with van der Waals surface area (Å²) >= 11 is 2.73. The summed E-state index contributed by atoms with van der Waals surface area (Å²) in [5, 5.41) is 21.2. The molecule has 1 amide bonds. The third kappa shape index (κ3) is 4.23. The molecule has 1 aromatic carbocycles. The number of thioether (sulfide) groups is 1. The fourth-order valence-corrected chi connectivity index (χ4v) is 3.62. The minimum atomic E-state index is -0.135. The number of hydrogen-bond donors (Lipinski definition) is 1. The van der Waals surface area contributed by atoms with Gasteiger partial charge in [-0.05, 0) is 19.4 Å². The minimum absolute atomic E-state index is 0.135. The van der Waals surface area contributed by atoms with E-state index < -0.39 is 0 Å². The molecule has 0 atom stereocenters. The van der Waals surface area contributed by atoms with Gasteiger partial charge in [0.05, 0.1) is 5.75 Å². The lowest BCUT2D eigenvalue weighted by molar-refractivity contribution is -0.113. The number of aromatic nitrogens is 5. The summed E-state index contributed by atoms with van der Waals surface area (Å²) in [6.07, 6.45) is 0.808. The molecule has 0 unspecified atom stereocenters. The van der Waals surface area contributed by atoms with Gasteiger partial charge in [-0.1, -0.05) is 53.8 Å². The van der Waals surface area contributed by atoms with Crippen LogP contribution in [0.4, 0.5) is 5.13 Å². The number of carbonyl (C=O) groups excluding carboxylic acids is 1. The van der Waals surface area contributed by atoms with Gasteiger partial charge in [0.1, 0.15) is 5.01 Å². The van der Waals surface area contributed by atoms with Crippen LogP contribution in [0.25, 0.3) is 11.4 Å². The topological polar surface area (TPSA) is 85.6 Å². The molecule has 0 aliphatic carbocycles. The first kappa shape index (κ1) is 17.6. The molecular weight excluding hydrogens is 356 g/mol. The van der Waals surface area contributed by atoms with Crippen LogP contribution in [0, 0.1) is 6.92 Å². The monoisotopic (exact) mass is 374 g/mol. The normalized spacial score (nSPS) is 10.8. The number of anilines is 1. The van der Waals surface area contributed by atoms with Crippen LogP contribution in [0.3, 0.4) is 0 Å². The lowest BCUT2D eigenvalue weighted by Crippen LogP contribution is -2.14. The van der Waals surface area contributed by atoms with E-state index in [-0.39, 0.29) is 11.7 Å². The summed E-state index contributed by atoms with van der Waals surface area (Å²) < 4.78 is 1.90. The van der Waals surface area contributed by atoms with Crippen molar-refractivity contribution >= 4 is 34.1 Å². The van der Waals surface area contributed by atoms with Crippen molar-refractivity contribution in [2.45, 2.75) is 25.4 Å². The van der Waals surface area contributed by atoms with Gasteiger partial charge in [0.2, 0.25) is 11.0 Å². The largest absolute Gasteiger partial charge is 0.305 e. The molecule has 0 aliphatic heterocycles. The Kier molecular flexibility index (Phi) is 5.44. The van der Waals surface area contributed by atoms with Crippen LogP contribution in [0.1, 0.15) is 17.5 Å². The molecule has 3 rings (SSSR count). The number of rotatable bonds is 6. The molecule has 9 heteroatoms. The summed E-state index contributed by atoms with van der Waals surface area (Å²) in [7, 11) is 1.90. The number of aryl methyl sites for hydroxylation is 2. The Labute approximate surface area is 153 Å². The maximum atomic E-state index is 12.1. The molecule has 0 spiro atoms. The van der Waals surface area contributed by atoms with Gasteiger partial charge in [-0.2, -0.15) is 0 Å². The second kappa shape index (κ2) is 7.75. The lowest BCUT2D eigenvalue weighted by Gasteiger charge is -2.04. The Balaban J connectivity index is 1.63. The highest BCUT2D eigenvalue weighted by atomic mass is 32.2. The summed E-state index contributed by atoms with van der Waals surface area (Å²) in [6, 6.07) is 8.09. The third-order valence-electron chi connectivity index (χ3n) is 3.46. The summed E-state index contributed by atoms with van der Waals surface area (Å²) in [5.41, 5.74) is 2.17. The Bertz CT molecular complexity index is 888. The van der Waals surface area contributed by atoms with Gasteiger partial charge in [-0.25, -0.2) is 0 Å². The van der Waals surface area contributed by atoms with Gasteiger partial charge in [0.15, 0.2) is 11.0 Å². The fourth-order valence-electron chi connectivity index (χ4n) is 2.21. The Morgan fingerprint density at radius 3 is 2.84 bits per heavy atom. The highest BCUT2D eigenvalue weighted by molar-refractivity contribution is 7.99. The first-order chi connectivity index (χ1) is 12.1. The summed E-state index contributed by atoms with van der Waals surface area (Å²) in [4.78, 5) is 12.1. The average molecular weight is 374 g/mol. The van der Waals surface area contributed by atoms with E-state index >= 15 is 0 Å². The van der Waals surface area contributed by atoms with Gasteiger partial charge in [0, 0.05) is 12.6 Å². The van der Waals surface area contributed by atoms with Crippen molar-refractivity contribution < 1.29 is 4.79 Å². The Hall–Kier alpha value is -2.26. The number of hydrogen-bond acceptors (Lipinski definition) is 7. The molecule has 0 saturated heterocycles. The van der Waals surface area contributed by atoms with Crippen LogP contribution in [-0.4, -0.2) is 36.6 Å². The molecule has 0 aliphatic rings. The van der Waals surface area contributed by atoms with Gasteiger partial charge >= 0.3 is 0 Å². The highest BCUT2D eigenvalue weighted by Gasteiger charge is 2.14. The Morgan fingerprint density at radius 2 is 2.12 bits per heavy atom. The van der Waals surface area contributed by atoms with E-state index in [0.29, 0.717) is 10.3 Å². The molecule has 7 nitrogen and oxygen atoms in total. The van der Waals surface area contributed by atoms with Gasteiger partial charge in [0.25, 0.3) is 0 Å². The molecule has 130 valence electrons. The molecule has 2 heterocycles. The average Bonchev–Trinajstić information content (AvgIpc) is 3.19. The quantitative estimate of drug-likeness (QED) is 0.668. The van der Waals surface area contributed by atoms with Crippen molar-refractivity contribution in [3.63, 3.8) is 0 Å². The van der Waals surface area contributed by atoms with E-state index in [0.717, 1.165) is 28.4 Å². The molecular formula is C16H18N6OS2. The maximum Gasteiger partial charge on any atom is 0.236 e. The van der Waals surface area contributed by atoms with E-state index in [4.69, 9.17) is 0 Å². The maximum absolute atomic E-state index is 12.1. The van der Waals surface area contributed by atoms with Gasteiger partial charge < -0.3 is 4.57 Å². The van der Waals surface area contributed by atoms with Crippen molar-refractivity contribution in [1.29, 1.82) is 0 Å². The van der Waals surface area contributed by atoms with Crippen LogP contribution >= 0.6 is 23.1 Å². The van der Waals surface area contributed by atoms with Crippen LogP contribution in [0.15, 0.2) is 29.4 Å². The molecule has 25 heavy (non-hydrogen) atoms. The van der Waals surface area contributed by atoms with E-state index in [1.54, 1.807) is 0 Å². The van der Waals surface area contributed by atoms with Gasteiger partial charge in [-0.3, -0.25) is 10.1 Å². The predicted octanol–water partition coefficient (Wildman–Crippen LogP) is 2.94. The van der Waals surface area contributed by atoms with E-state index in [9.17, 15) is 4.79 Å².